The summed E-state index contributed by atoms with van der Waals surface area (Å²) < 4.78 is 6.17. The van der Waals surface area contributed by atoms with Gasteiger partial charge in [0, 0.05) is 22.4 Å². The number of halogens is 3. The number of ether oxygens (including phenoxy) is 1. The van der Waals surface area contributed by atoms with Crippen molar-refractivity contribution in [3.8, 4) is 0 Å². The normalized spacial score (nSPS) is 21.0. The van der Waals surface area contributed by atoms with Crippen molar-refractivity contribution in [2.75, 3.05) is 0 Å². The van der Waals surface area contributed by atoms with E-state index in [1.807, 2.05) is 6.07 Å². The number of carbonyl (C=O) groups excluding carboxylic acids is 1. The summed E-state index contributed by atoms with van der Waals surface area (Å²) in [4.78, 5) is 15.8. The van der Waals surface area contributed by atoms with E-state index in [9.17, 15) is 4.79 Å². The Morgan fingerprint density at radius 3 is 2.86 bits per heavy atom. The summed E-state index contributed by atoms with van der Waals surface area (Å²) in [7, 11) is 0. The highest BCUT2D eigenvalue weighted by atomic mass is 79.9. The van der Waals surface area contributed by atoms with E-state index in [1.165, 1.54) is 0 Å². The maximum absolute atomic E-state index is 11.7. The van der Waals surface area contributed by atoms with Crippen molar-refractivity contribution in [3.63, 3.8) is 0 Å². The molecule has 0 bridgehead atoms. The van der Waals surface area contributed by atoms with Gasteiger partial charge in [-0.2, -0.15) is 0 Å². The van der Waals surface area contributed by atoms with E-state index in [4.69, 9.17) is 27.9 Å². The molecular formula is C14H9BrCl2N2O2. The van der Waals surface area contributed by atoms with Gasteiger partial charge in [0.2, 0.25) is 0 Å². The summed E-state index contributed by atoms with van der Waals surface area (Å²) in [6.07, 6.45) is 2.29. The summed E-state index contributed by atoms with van der Waals surface area (Å²) in [5.74, 6) is 0. The third-order valence-corrected chi connectivity index (χ3v) is 4.45. The highest BCUT2D eigenvalue weighted by molar-refractivity contribution is 9.10. The molecule has 1 aliphatic rings. The number of hydrogen-bond acceptors (Lipinski definition) is 3. The molecule has 0 unspecified atom stereocenters. The Kier molecular flexibility index (Phi) is 4.06. The Labute approximate surface area is 139 Å². The van der Waals surface area contributed by atoms with E-state index in [0.29, 0.717) is 15.6 Å². The first-order valence-corrected chi connectivity index (χ1v) is 7.62. The number of nitrogens with zero attached hydrogens (tertiary/aromatic N) is 1. The molecule has 1 amide bonds. The van der Waals surface area contributed by atoms with Gasteiger partial charge in [0.25, 0.3) is 0 Å². The predicted molar refractivity (Wildman–Crippen MR) is 83.5 cm³/mol. The first kappa shape index (κ1) is 14.6. The van der Waals surface area contributed by atoms with E-state index < -0.39 is 12.2 Å². The number of pyridine rings is 1. The van der Waals surface area contributed by atoms with Crippen LogP contribution in [0.3, 0.4) is 0 Å². The minimum Gasteiger partial charge on any atom is -0.439 e. The van der Waals surface area contributed by atoms with Gasteiger partial charge in [0.15, 0.2) is 6.10 Å². The number of amides is 1. The number of hydrogen-bond donors (Lipinski definition) is 1. The standard InChI is InChI=1S/C14H9BrCl2N2O2/c15-8-4-7(5-18-6-8)12-13(21-14(20)19-12)9-2-1-3-10(16)11(9)17/h1-6,12-13H,(H,19,20)/t12-,13-/m1/s1. The molecule has 4 nitrogen and oxygen atoms in total. The van der Waals surface area contributed by atoms with Crippen LogP contribution in [0.15, 0.2) is 41.1 Å². The Hall–Kier alpha value is -1.30. The highest BCUT2D eigenvalue weighted by Gasteiger charge is 2.38. The molecule has 2 atom stereocenters. The van der Waals surface area contributed by atoms with E-state index in [2.05, 4.69) is 26.2 Å². The van der Waals surface area contributed by atoms with Crippen LogP contribution in [-0.4, -0.2) is 11.1 Å². The molecule has 1 aliphatic heterocycles. The molecule has 21 heavy (non-hydrogen) atoms. The van der Waals surface area contributed by atoms with Gasteiger partial charge >= 0.3 is 6.09 Å². The SMILES string of the molecule is O=C1N[C@H](c2cncc(Br)c2)[C@@H](c2cccc(Cl)c2Cl)O1. The lowest BCUT2D eigenvalue weighted by molar-refractivity contribution is 0.132. The number of cyclic esters (lactones) is 1. The number of benzene rings is 1. The zero-order chi connectivity index (χ0) is 15.0. The fraction of sp³-hybridized carbons (Fsp3) is 0.143. The largest absolute Gasteiger partial charge is 0.439 e. The lowest BCUT2D eigenvalue weighted by Crippen LogP contribution is -2.19. The maximum atomic E-state index is 11.7. The van der Waals surface area contributed by atoms with Crippen LogP contribution in [0.25, 0.3) is 0 Å². The van der Waals surface area contributed by atoms with Crippen LogP contribution in [0, 0.1) is 0 Å². The highest BCUT2D eigenvalue weighted by Crippen LogP contribution is 2.41. The van der Waals surface area contributed by atoms with Gasteiger partial charge in [-0.1, -0.05) is 35.3 Å². The van der Waals surface area contributed by atoms with Gasteiger partial charge in [-0.3, -0.25) is 4.98 Å². The van der Waals surface area contributed by atoms with Crippen molar-refractivity contribution < 1.29 is 9.53 Å². The summed E-state index contributed by atoms with van der Waals surface area (Å²) in [5, 5.41) is 3.57. The molecule has 3 rings (SSSR count). The third-order valence-electron chi connectivity index (χ3n) is 3.18. The van der Waals surface area contributed by atoms with Gasteiger partial charge in [-0.25, -0.2) is 4.79 Å². The van der Waals surface area contributed by atoms with Crippen LogP contribution in [0.2, 0.25) is 10.0 Å². The number of nitrogens with one attached hydrogen (secondary N) is 1. The molecular weight excluding hydrogens is 379 g/mol. The van der Waals surface area contributed by atoms with Crippen LogP contribution in [0.5, 0.6) is 0 Å². The second kappa shape index (κ2) is 5.83. The number of rotatable bonds is 2. The smallest absolute Gasteiger partial charge is 0.408 e. The number of carbonyl (C=O) groups is 1. The number of alkyl carbamates (subject to hydrolysis) is 1. The molecule has 1 aromatic carbocycles. The van der Waals surface area contributed by atoms with Crippen molar-refractivity contribution >= 4 is 45.2 Å². The molecule has 2 heterocycles. The maximum Gasteiger partial charge on any atom is 0.408 e. The molecule has 0 aliphatic carbocycles. The van der Waals surface area contributed by atoms with Gasteiger partial charge in [-0.05, 0) is 33.6 Å². The molecule has 108 valence electrons. The van der Waals surface area contributed by atoms with Crippen molar-refractivity contribution in [1.29, 1.82) is 0 Å². The molecule has 0 saturated carbocycles. The quantitative estimate of drug-likeness (QED) is 0.814. The van der Waals surface area contributed by atoms with Crippen LogP contribution in [0.1, 0.15) is 23.3 Å². The van der Waals surface area contributed by atoms with Gasteiger partial charge in [0.1, 0.15) is 6.04 Å². The average molecular weight is 388 g/mol. The van der Waals surface area contributed by atoms with E-state index in [0.717, 1.165) is 10.0 Å². The van der Waals surface area contributed by atoms with E-state index in [1.54, 1.807) is 30.6 Å². The zero-order valence-corrected chi connectivity index (χ0v) is 13.6. The fourth-order valence-electron chi connectivity index (χ4n) is 2.26. The van der Waals surface area contributed by atoms with Crippen LogP contribution in [-0.2, 0) is 4.74 Å². The Bertz CT molecular complexity index is 711. The van der Waals surface area contributed by atoms with Crippen LogP contribution < -0.4 is 5.32 Å². The lowest BCUT2D eigenvalue weighted by Gasteiger charge is -2.19. The second-order valence-corrected chi connectivity index (χ2v) is 6.23. The Balaban J connectivity index is 2.04. The molecule has 0 radical (unpaired) electrons. The average Bonchev–Trinajstić information content (AvgIpc) is 2.84. The van der Waals surface area contributed by atoms with Crippen molar-refractivity contribution in [2.24, 2.45) is 0 Å². The minimum absolute atomic E-state index is 0.376. The topological polar surface area (TPSA) is 51.2 Å². The monoisotopic (exact) mass is 386 g/mol. The van der Waals surface area contributed by atoms with Crippen molar-refractivity contribution in [2.45, 2.75) is 12.1 Å². The molecule has 7 heteroatoms. The van der Waals surface area contributed by atoms with Gasteiger partial charge < -0.3 is 10.1 Å². The number of aromatic nitrogens is 1. The third kappa shape index (κ3) is 2.86. The molecule has 2 aromatic rings. The Morgan fingerprint density at radius 2 is 2.10 bits per heavy atom. The summed E-state index contributed by atoms with van der Waals surface area (Å²) in [5.41, 5.74) is 1.48. The first-order chi connectivity index (χ1) is 10.1. The van der Waals surface area contributed by atoms with E-state index >= 15 is 0 Å². The molecule has 0 spiro atoms. The zero-order valence-electron chi connectivity index (χ0n) is 10.5. The minimum atomic E-state index is -0.556. The predicted octanol–water partition coefficient (Wildman–Crippen LogP) is 4.67. The molecule has 1 fully saturated rings. The summed E-state index contributed by atoms with van der Waals surface area (Å²) in [6, 6.07) is 6.74. The molecule has 1 saturated heterocycles. The first-order valence-electron chi connectivity index (χ1n) is 6.08. The summed E-state index contributed by atoms with van der Waals surface area (Å²) >= 11 is 15.6. The fourth-order valence-corrected chi connectivity index (χ4v) is 3.06. The van der Waals surface area contributed by atoms with Gasteiger partial charge in [-0.15, -0.1) is 0 Å². The summed E-state index contributed by atoms with van der Waals surface area (Å²) in [6.45, 7) is 0. The van der Waals surface area contributed by atoms with Gasteiger partial charge in [0.05, 0.1) is 10.0 Å². The lowest BCUT2D eigenvalue weighted by atomic mass is 9.98. The van der Waals surface area contributed by atoms with Crippen LogP contribution >= 0.6 is 39.1 Å². The van der Waals surface area contributed by atoms with Crippen molar-refractivity contribution in [3.05, 3.63) is 62.3 Å². The molecule has 1 aromatic heterocycles. The Morgan fingerprint density at radius 1 is 1.29 bits per heavy atom. The van der Waals surface area contributed by atoms with Crippen molar-refractivity contribution in [1.82, 2.24) is 10.3 Å². The van der Waals surface area contributed by atoms with E-state index in [-0.39, 0.29) is 6.04 Å². The van der Waals surface area contributed by atoms with Crippen LogP contribution in [0.4, 0.5) is 4.79 Å². The molecule has 1 N–H and O–H groups in total. The second-order valence-electron chi connectivity index (χ2n) is 4.53.